The number of nitrogens with zero attached hydrogens (tertiary/aromatic N) is 4. The Balaban J connectivity index is 1.44. The molecule has 1 fully saturated rings. The molecular formula is C30H34F3N6O5P. The molecule has 15 heteroatoms. The van der Waals surface area contributed by atoms with E-state index < -0.39 is 25.2 Å². The van der Waals surface area contributed by atoms with Crippen molar-refractivity contribution in [2.45, 2.75) is 39.0 Å². The molecule has 0 spiro atoms. The van der Waals surface area contributed by atoms with Crippen molar-refractivity contribution in [3.8, 4) is 5.88 Å². The number of carbonyl (C=O) groups is 1. The van der Waals surface area contributed by atoms with Gasteiger partial charge in [-0.1, -0.05) is 12.1 Å². The number of benzene rings is 2. The number of alkyl halides is 3. The molecule has 0 saturated carbocycles. The Morgan fingerprint density at radius 2 is 1.71 bits per heavy atom. The molecule has 3 N–H and O–H groups in total. The Morgan fingerprint density at radius 1 is 1.04 bits per heavy atom. The fourth-order valence-corrected chi connectivity index (χ4v) is 6.95. The maximum absolute atomic E-state index is 14.1. The third kappa shape index (κ3) is 7.08. The van der Waals surface area contributed by atoms with Crippen LogP contribution >= 0.6 is 7.60 Å². The van der Waals surface area contributed by atoms with Crippen LogP contribution in [0.4, 0.5) is 36.3 Å². The number of likely N-dealkylation sites (tertiary alicyclic amines) is 1. The van der Waals surface area contributed by atoms with E-state index in [2.05, 4.69) is 20.6 Å². The lowest BCUT2D eigenvalue weighted by atomic mass is 10.1. The highest BCUT2D eigenvalue weighted by atomic mass is 31.2. The number of halogens is 3. The van der Waals surface area contributed by atoms with Gasteiger partial charge < -0.3 is 34.3 Å². The minimum atomic E-state index is -4.79. The van der Waals surface area contributed by atoms with E-state index in [1.54, 1.807) is 56.3 Å². The highest BCUT2D eigenvalue weighted by molar-refractivity contribution is 7.53. The highest BCUT2D eigenvalue weighted by Crippen LogP contribution is 2.51. The molecule has 0 aliphatic carbocycles. The summed E-state index contributed by atoms with van der Waals surface area (Å²) in [7, 11) is -1.74. The Bertz CT molecular complexity index is 1730. The van der Waals surface area contributed by atoms with E-state index in [-0.39, 0.29) is 48.2 Å². The molecule has 4 aromatic rings. The van der Waals surface area contributed by atoms with Crippen molar-refractivity contribution in [2.75, 3.05) is 36.9 Å². The molecule has 0 radical (unpaired) electrons. The lowest BCUT2D eigenvalue weighted by Gasteiger charge is -2.18. The van der Waals surface area contributed by atoms with Gasteiger partial charge in [0.05, 0.1) is 30.4 Å². The van der Waals surface area contributed by atoms with Gasteiger partial charge in [-0.2, -0.15) is 18.2 Å². The Hall–Kier alpha value is -4.13. The number of fused-ring (bicyclic) bond motifs is 1. The monoisotopic (exact) mass is 646 g/mol. The summed E-state index contributed by atoms with van der Waals surface area (Å²) in [4.78, 5) is 22.9. The molecule has 0 atom stereocenters. The first-order valence-electron chi connectivity index (χ1n) is 14.5. The molecule has 0 unspecified atom stereocenters. The van der Waals surface area contributed by atoms with Gasteiger partial charge in [0.1, 0.15) is 11.4 Å². The van der Waals surface area contributed by atoms with E-state index in [4.69, 9.17) is 9.05 Å². The van der Waals surface area contributed by atoms with Gasteiger partial charge in [0.2, 0.25) is 11.8 Å². The van der Waals surface area contributed by atoms with Crippen LogP contribution in [0.1, 0.15) is 48.2 Å². The Kier molecular flexibility index (Phi) is 9.38. The third-order valence-electron chi connectivity index (χ3n) is 7.33. The van der Waals surface area contributed by atoms with Crippen LogP contribution in [0, 0.1) is 0 Å². The average Bonchev–Trinajstić information content (AvgIpc) is 3.62. The quantitative estimate of drug-likeness (QED) is 0.145. The largest absolute Gasteiger partial charge is 0.494 e. The van der Waals surface area contributed by atoms with Crippen LogP contribution in [0.15, 0.2) is 48.8 Å². The predicted octanol–water partition coefficient (Wildman–Crippen LogP) is 7.18. The van der Waals surface area contributed by atoms with Crippen molar-refractivity contribution in [1.82, 2.24) is 19.4 Å². The molecule has 1 aliphatic heterocycles. The van der Waals surface area contributed by atoms with Crippen molar-refractivity contribution in [3.63, 3.8) is 0 Å². The minimum Gasteiger partial charge on any atom is -0.494 e. The molecular weight excluding hydrogens is 612 g/mol. The van der Waals surface area contributed by atoms with Crippen LogP contribution in [0.25, 0.3) is 10.8 Å². The lowest BCUT2D eigenvalue weighted by molar-refractivity contribution is -0.137. The standard InChI is InChI=1S/C30H34F3N6O5P/c1-4-43-45(42,44-5-2)18-19-8-10-20(11-9-19)35-29-34-16-23(30(31,32)33)26(37-29)36-24-13-12-21(27(40)39-14-6-7-15-39)22-17-38(3)28(41)25(22)24/h8-13,16-17,41H,4-7,14-15,18H2,1-3H3,(H2,34,35,36,37). The van der Waals surface area contributed by atoms with Gasteiger partial charge in [-0.05, 0) is 56.5 Å². The van der Waals surface area contributed by atoms with Crippen molar-refractivity contribution in [1.29, 1.82) is 0 Å². The van der Waals surface area contributed by atoms with E-state index in [0.29, 0.717) is 41.5 Å². The SMILES string of the molecule is CCOP(=O)(Cc1ccc(Nc2ncc(C(F)(F)F)c(Nc3ccc(C(=O)N4CCCC4)c4cn(C)c(O)c34)n2)cc1)OCC. The zero-order valence-electron chi connectivity index (χ0n) is 25.0. The molecule has 2 aromatic heterocycles. The first-order chi connectivity index (χ1) is 21.4. The predicted molar refractivity (Wildman–Crippen MR) is 164 cm³/mol. The molecule has 45 heavy (non-hydrogen) atoms. The minimum absolute atomic E-state index is 0.0586. The van der Waals surface area contributed by atoms with Gasteiger partial charge in [0, 0.05) is 49.2 Å². The third-order valence-corrected chi connectivity index (χ3v) is 9.39. The molecule has 1 amide bonds. The number of aromatic nitrogens is 3. The fourth-order valence-electron chi connectivity index (χ4n) is 5.25. The normalized spacial score (nSPS) is 13.9. The number of aryl methyl sites for hydroxylation is 1. The van der Waals surface area contributed by atoms with Crippen LogP contribution in [-0.4, -0.2) is 56.8 Å². The Morgan fingerprint density at radius 3 is 2.33 bits per heavy atom. The molecule has 240 valence electrons. The summed E-state index contributed by atoms with van der Waals surface area (Å²) in [5.74, 6) is -1.09. The van der Waals surface area contributed by atoms with Gasteiger partial charge in [0.25, 0.3) is 5.91 Å². The zero-order valence-corrected chi connectivity index (χ0v) is 25.9. The van der Waals surface area contributed by atoms with E-state index in [0.717, 1.165) is 12.8 Å². The number of nitrogens with one attached hydrogen (secondary N) is 2. The van der Waals surface area contributed by atoms with E-state index in [1.165, 1.54) is 16.7 Å². The first kappa shape index (κ1) is 32.3. The lowest BCUT2D eigenvalue weighted by Crippen LogP contribution is -2.27. The molecule has 1 aliphatic rings. The van der Waals surface area contributed by atoms with Crippen LogP contribution in [0.2, 0.25) is 0 Å². The molecule has 3 heterocycles. The summed E-state index contributed by atoms with van der Waals surface area (Å²) >= 11 is 0. The average molecular weight is 647 g/mol. The van der Waals surface area contributed by atoms with Gasteiger partial charge >= 0.3 is 13.8 Å². The highest BCUT2D eigenvalue weighted by Gasteiger charge is 2.36. The van der Waals surface area contributed by atoms with Crippen LogP contribution in [0.5, 0.6) is 5.88 Å². The number of hydrogen-bond acceptors (Lipinski definition) is 9. The van der Waals surface area contributed by atoms with Crippen molar-refractivity contribution in [2.24, 2.45) is 7.05 Å². The summed E-state index contributed by atoms with van der Waals surface area (Å²) in [6.07, 6.45) is -0.703. The van der Waals surface area contributed by atoms with Gasteiger partial charge in [-0.3, -0.25) is 9.36 Å². The van der Waals surface area contributed by atoms with E-state index in [1.807, 2.05) is 0 Å². The first-order valence-corrected chi connectivity index (χ1v) is 16.2. The maximum atomic E-state index is 14.1. The zero-order chi connectivity index (χ0) is 32.4. The smallest absolute Gasteiger partial charge is 0.421 e. The second kappa shape index (κ2) is 13.1. The molecule has 0 bridgehead atoms. The van der Waals surface area contributed by atoms with Gasteiger partial charge in [0.15, 0.2) is 0 Å². The van der Waals surface area contributed by atoms with Crippen LogP contribution < -0.4 is 10.6 Å². The number of rotatable bonds is 11. The number of aromatic hydroxyl groups is 1. The summed E-state index contributed by atoms with van der Waals surface area (Å²) in [6, 6.07) is 9.67. The second-order valence-electron chi connectivity index (χ2n) is 10.5. The second-order valence-corrected chi connectivity index (χ2v) is 12.6. The Labute approximate surface area is 257 Å². The summed E-state index contributed by atoms with van der Waals surface area (Å²) in [5, 5.41) is 17.1. The molecule has 2 aromatic carbocycles. The van der Waals surface area contributed by atoms with E-state index >= 15 is 0 Å². The van der Waals surface area contributed by atoms with Crippen LogP contribution in [0.3, 0.4) is 0 Å². The number of amides is 1. The number of anilines is 4. The van der Waals surface area contributed by atoms with Crippen molar-refractivity contribution in [3.05, 3.63) is 65.5 Å². The summed E-state index contributed by atoms with van der Waals surface area (Å²) in [5.41, 5.74) is 0.511. The van der Waals surface area contributed by atoms with E-state index in [9.17, 15) is 27.6 Å². The van der Waals surface area contributed by atoms with Crippen LogP contribution in [-0.2, 0) is 33.0 Å². The maximum Gasteiger partial charge on any atom is 0.421 e. The summed E-state index contributed by atoms with van der Waals surface area (Å²) in [6.45, 7) is 5.15. The van der Waals surface area contributed by atoms with Gasteiger partial charge in [-0.25, -0.2) is 4.98 Å². The number of hydrogen-bond donors (Lipinski definition) is 3. The molecule has 5 rings (SSSR count). The van der Waals surface area contributed by atoms with Gasteiger partial charge in [-0.15, -0.1) is 0 Å². The molecule has 1 saturated heterocycles. The van der Waals surface area contributed by atoms with Crippen molar-refractivity contribution >= 4 is 47.4 Å². The number of carbonyl (C=O) groups excluding carboxylic acids is 1. The van der Waals surface area contributed by atoms with Crippen molar-refractivity contribution < 1.29 is 36.7 Å². The topological polar surface area (TPSA) is 131 Å². The molecule has 11 nitrogen and oxygen atoms in total. The fraction of sp³-hybridized carbons (Fsp3) is 0.367. The summed E-state index contributed by atoms with van der Waals surface area (Å²) < 4.78 is 67.1.